The number of urea groups is 1. The lowest BCUT2D eigenvalue weighted by molar-refractivity contribution is 0.243. The molecule has 0 saturated carbocycles. The van der Waals surface area contributed by atoms with Crippen molar-refractivity contribution in [3.05, 3.63) is 29.7 Å². The summed E-state index contributed by atoms with van der Waals surface area (Å²) in [7, 11) is 1.60. The Hall–Kier alpha value is -2.04. The van der Waals surface area contributed by atoms with Crippen LogP contribution in [0.1, 0.15) is 11.5 Å². The molecule has 0 bridgehead atoms. The van der Waals surface area contributed by atoms with Gasteiger partial charge in [0, 0.05) is 20.5 Å². The van der Waals surface area contributed by atoms with Gasteiger partial charge >= 0.3 is 6.03 Å². The van der Waals surface area contributed by atoms with E-state index < -0.39 is 0 Å². The van der Waals surface area contributed by atoms with E-state index in [0.717, 1.165) is 23.1 Å². The van der Waals surface area contributed by atoms with Crippen LogP contribution in [-0.2, 0) is 6.42 Å². The van der Waals surface area contributed by atoms with Gasteiger partial charge in [-0.1, -0.05) is 6.07 Å². The lowest BCUT2D eigenvalue weighted by Crippen LogP contribution is -2.33. The highest BCUT2D eigenvalue weighted by Gasteiger charge is 2.03. The number of carbonyl (C=O) groups excluding carboxylic acids is 1. The van der Waals surface area contributed by atoms with Gasteiger partial charge < -0.3 is 15.1 Å². The third-order valence-corrected chi connectivity index (χ3v) is 2.49. The molecule has 5 nitrogen and oxygen atoms in total. The molecule has 2 amide bonds. The number of aromatic nitrogens is 1. The van der Waals surface area contributed by atoms with Crippen molar-refractivity contribution >= 4 is 17.1 Å². The van der Waals surface area contributed by atoms with Gasteiger partial charge in [-0.25, -0.2) is 9.78 Å². The van der Waals surface area contributed by atoms with Gasteiger partial charge in [-0.2, -0.15) is 0 Å². The van der Waals surface area contributed by atoms with Crippen molar-refractivity contribution in [2.45, 2.75) is 13.3 Å². The molecule has 0 spiro atoms. The quantitative estimate of drug-likeness (QED) is 0.846. The van der Waals surface area contributed by atoms with E-state index in [-0.39, 0.29) is 6.03 Å². The predicted molar refractivity (Wildman–Crippen MR) is 64.9 cm³/mol. The summed E-state index contributed by atoms with van der Waals surface area (Å²) < 4.78 is 5.45. The van der Waals surface area contributed by atoms with Crippen LogP contribution in [0.15, 0.2) is 22.6 Å². The molecule has 1 heterocycles. The summed E-state index contributed by atoms with van der Waals surface area (Å²) in [6, 6.07) is 5.72. The summed E-state index contributed by atoms with van der Waals surface area (Å²) >= 11 is 0. The van der Waals surface area contributed by atoms with Crippen molar-refractivity contribution in [3.8, 4) is 0 Å². The van der Waals surface area contributed by atoms with Gasteiger partial charge in [0.2, 0.25) is 0 Å². The van der Waals surface area contributed by atoms with E-state index >= 15 is 0 Å². The molecule has 0 atom stereocenters. The number of aryl methyl sites for hydroxylation is 1. The topological polar surface area (TPSA) is 67.2 Å². The molecule has 0 unspecified atom stereocenters. The Kier molecular flexibility index (Phi) is 3.27. The normalized spacial score (nSPS) is 10.5. The Labute approximate surface area is 99.2 Å². The third-order valence-electron chi connectivity index (χ3n) is 2.49. The summed E-state index contributed by atoms with van der Waals surface area (Å²) in [5.74, 6) is 0.667. The standard InChI is InChI=1S/C12H15N3O2/c1-8-15-10-4-3-9(7-11(10)17-8)5-6-14-12(16)13-2/h3-4,7H,5-6H2,1-2H3,(H2,13,14,16). The molecule has 0 aliphatic carbocycles. The number of benzene rings is 1. The zero-order chi connectivity index (χ0) is 12.3. The van der Waals surface area contributed by atoms with E-state index in [1.807, 2.05) is 25.1 Å². The van der Waals surface area contributed by atoms with E-state index in [4.69, 9.17) is 4.42 Å². The zero-order valence-corrected chi connectivity index (χ0v) is 9.91. The van der Waals surface area contributed by atoms with Gasteiger partial charge in [0.25, 0.3) is 0 Å². The Morgan fingerprint density at radius 1 is 1.47 bits per heavy atom. The number of fused-ring (bicyclic) bond motifs is 1. The minimum Gasteiger partial charge on any atom is -0.441 e. The molecule has 0 aliphatic rings. The third kappa shape index (κ3) is 2.75. The maximum atomic E-state index is 11.0. The summed E-state index contributed by atoms with van der Waals surface area (Å²) in [5.41, 5.74) is 2.77. The van der Waals surface area contributed by atoms with Gasteiger partial charge in [0.05, 0.1) is 0 Å². The van der Waals surface area contributed by atoms with Crippen LogP contribution in [0.2, 0.25) is 0 Å². The highest BCUT2D eigenvalue weighted by Crippen LogP contribution is 2.16. The molecule has 1 aromatic carbocycles. The van der Waals surface area contributed by atoms with E-state index in [1.165, 1.54) is 0 Å². The minimum atomic E-state index is -0.165. The molecule has 2 aromatic rings. The number of oxazole rings is 1. The summed E-state index contributed by atoms with van der Waals surface area (Å²) in [4.78, 5) is 15.2. The van der Waals surface area contributed by atoms with E-state index in [0.29, 0.717) is 12.4 Å². The van der Waals surface area contributed by atoms with Gasteiger partial charge in [-0.15, -0.1) is 0 Å². The number of hydrogen-bond donors (Lipinski definition) is 2. The first-order chi connectivity index (χ1) is 8.19. The number of carbonyl (C=O) groups is 1. The predicted octanol–water partition coefficient (Wildman–Crippen LogP) is 1.61. The largest absolute Gasteiger partial charge is 0.441 e. The summed E-state index contributed by atoms with van der Waals surface area (Å²) in [6.45, 7) is 2.42. The van der Waals surface area contributed by atoms with E-state index in [9.17, 15) is 4.79 Å². The number of amides is 2. The average molecular weight is 233 g/mol. The van der Waals surface area contributed by atoms with Crippen molar-refractivity contribution in [1.29, 1.82) is 0 Å². The van der Waals surface area contributed by atoms with Crippen LogP contribution in [0.25, 0.3) is 11.1 Å². The first kappa shape index (κ1) is 11.4. The van der Waals surface area contributed by atoms with Crippen LogP contribution in [0.4, 0.5) is 4.79 Å². The lowest BCUT2D eigenvalue weighted by Gasteiger charge is -2.03. The molecule has 2 rings (SSSR count). The molecule has 0 radical (unpaired) electrons. The molecular formula is C12H15N3O2. The lowest BCUT2D eigenvalue weighted by atomic mass is 10.1. The molecule has 0 aliphatic heterocycles. The Balaban J connectivity index is 2.01. The Morgan fingerprint density at radius 3 is 3.06 bits per heavy atom. The second-order valence-electron chi connectivity index (χ2n) is 3.79. The van der Waals surface area contributed by atoms with Gasteiger partial charge in [0.1, 0.15) is 5.52 Å². The van der Waals surface area contributed by atoms with Crippen LogP contribution < -0.4 is 10.6 Å². The van der Waals surface area contributed by atoms with Crippen LogP contribution in [0.3, 0.4) is 0 Å². The van der Waals surface area contributed by atoms with Crippen molar-refractivity contribution in [2.75, 3.05) is 13.6 Å². The number of nitrogens with one attached hydrogen (secondary N) is 2. The van der Waals surface area contributed by atoms with Crippen LogP contribution >= 0.6 is 0 Å². The molecule has 0 saturated heterocycles. The van der Waals surface area contributed by atoms with Gasteiger partial charge in [0.15, 0.2) is 11.5 Å². The zero-order valence-electron chi connectivity index (χ0n) is 9.91. The van der Waals surface area contributed by atoms with Gasteiger partial charge in [-0.3, -0.25) is 0 Å². The summed E-state index contributed by atoms with van der Waals surface area (Å²) in [6.07, 6.45) is 0.767. The molecule has 17 heavy (non-hydrogen) atoms. The smallest absolute Gasteiger partial charge is 0.314 e. The monoisotopic (exact) mass is 233 g/mol. The molecule has 0 fully saturated rings. The molecule has 2 N–H and O–H groups in total. The minimum absolute atomic E-state index is 0.165. The molecular weight excluding hydrogens is 218 g/mol. The maximum Gasteiger partial charge on any atom is 0.314 e. The number of hydrogen-bond acceptors (Lipinski definition) is 3. The molecule has 5 heteroatoms. The second kappa shape index (κ2) is 4.86. The highest BCUT2D eigenvalue weighted by atomic mass is 16.3. The van der Waals surface area contributed by atoms with Gasteiger partial charge in [-0.05, 0) is 24.1 Å². The van der Waals surface area contributed by atoms with Crippen molar-refractivity contribution in [1.82, 2.24) is 15.6 Å². The number of rotatable bonds is 3. The van der Waals surface area contributed by atoms with Crippen LogP contribution in [0, 0.1) is 6.92 Å². The van der Waals surface area contributed by atoms with E-state index in [1.54, 1.807) is 7.05 Å². The number of nitrogens with zero attached hydrogens (tertiary/aromatic N) is 1. The maximum absolute atomic E-state index is 11.0. The first-order valence-electron chi connectivity index (χ1n) is 5.50. The van der Waals surface area contributed by atoms with Crippen LogP contribution in [0.5, 0.6) is 0 Å². The Bertz CT molecular complexity index is 534. The van der Waals surface area contributed by atoms with Crippen molar-refractivity contribution in [2.24, 2.45) is 0 Å². The SMILES string of the molecule is CNC(=O)NCCc1ccc2nc(C)oc2c1. The van der Waals surface area contributed by atoms with E-state index in [2.05, 4.69) is 15.6 Å². The fourth-order valence-corrected chi connectivity index (χ4v) is 1.65. The second-order valence-corrected chi connectivity index (χ2v) is 3.79. The van der Waals surface area contributed by atoms with Crippen molar-refractivity contribution in [3.63, 3.8) is 0 Å². The van der Waals surface area contributed by atoms with Crippen molar-refractivity contribution < 1.29 is 9.21 Å². The average Bonchev–Trinajstić information content (AvgIpc) is 2.68. The summed E-state index contributed by atoms with van der Waals surface area (Å²) in [5, 5.41) is 5.24. The fourth-order valence-electron chi connectivity index (χ4n) is 1.65. The fraction of sp³-hybridized carbons (Fsp3) is 0.333. The molecule has 1 aromatic heterocycles. The first-order valence-corrected chi connectivity index (χ1v) is 5.50. The highest BCUT2D eigenvalue weighted by molar-refractivity contribution is 5.74. The van der Waals surface area contributed by atoms with Crippen LogP contribution in [-0.4, -0.2) is 24.6 Å². The molecule has 90 valence electrons. The Morgan fingerprint density at radius 2 is 2.29 bits per heavy atom.